The Labute approximate surface area is 197 Å². The van der Waals surface area contributed by atoms with Crippen LogP contribution in [0.25, 0.3) is 0 Å². The van der Waals surface area contributed by atoms with Crippen LogP contribution < -0.4 is 15.5 Å². The summed E-state index contributed by atoms with van der Waals surface area (Å²) in [6.45, 7) is 1.35. The Morgan fingerprint density at radius 3 is 2.03 bits per heavy atom. The van der Waals surface area contributed by atoms with E-state index in [9.17, 15) is 35.9 Å². The maximum atomic E-state index is 13.1. The lowest BCUT2D eigenvalue weighted by atomic mass is 9.90. The first kappa shape index (κ1) is 26.3. The van der Waals surface area contributed by atoms with Gasteiger partial charge in [0.05, 0.1) is 0 Å². The van der Waals surface area contributed by atoms with Gasteiger partial charge < -0.3 is 15.5 Å². The van der Waals surface area contributed by atoms with Crippen molar-refractivity contribution in [2.45, 2.75) is 57.0 Å². The highest BCUT2D eigenvalue weighted by atomic mass is 19.4. The predicted octanol–water partition coefficient (Wildman–Crippen LogP) is 5.26. The molecule has 12 heteroatoms. The van der Waals surface area contributed by atoms with Gasteiger partial charge in [-0.3, -0.25) is 9.59 Å². The second-order valence-corrected chi connectivity index (χ2v) is 8.44. The molecule has 2 N–H and O–H groups in total. The number of nitrogens with one attached hydrogen (secondary N) is 2. The SMILES string of the molecule is CC(=O)Nc1cccc(C(=O)N[C@H]2CC[C@@H](N(C)c3cc(C(F)(F)F)nc(C(F)(F)F)c3)CC2)c1. The van der Waals surface area contributed by atoms with Crippen LogP contribution in [-0.2, 0) is 17.1 Å². The molecule has 2 aromatic rings. The lowest BCUT2D eigenvalue weighted by Gasteiger charge is -2.36. The van der Waals surface area contributed by atoms with Gasteiger partial charge in [-0.25, -0.2) is 4.98 Å². The smallest absolute Gasteiger partial charge is 0.371 e. The van der Waals surface area contributed by atoms with Crippen molar-refractivity contribution in [3.8, 4) is 0 Å². The molecule has 0 atom stereocenters. The molecule has 1 aromatic carbocycles. The number of rotatable bonds is 5. The number of halogens is 6. The van der Waals surface area contributed by atoms with E-state index in [4.69, 9.17) is 0 Å². The Balaban J connectivity index is 1.66. The van der Waals surface area contributed by atoms with Crippen molar-refractivity contribution in [3.05, 3.63) is 53.3 Å². The molecule has 1 fully saturated rings. The number of nitrogens with zero attached hydrogens (tertiary/aromatic N) is 2. The number of anilines is 2. The molecule has 1 aliphatic carbocycles. The van der Waals surface area contributed by atoms with Crippen molar-refractivity contribution in [1.82, 2.24) is 10.3 Å². The molecule has 1 saturated carbocycles. The molecular weight excluding hydrogens is 478 g/mol. The molecule has 190 valence electrons. The molecule has 0 aliphatic heterocycles. The molecule has 1 aromatic heterocycles. The Morgan fingerprint density at radius 2 is 1.51 bits per heavy atom. The van der Waals surface area contributed by atoms with Crippen LogP contribution >= 0.6 is 0 Å². The maximum Gasteiger partial charge on any atom is 0.433 e. The summed E-state index contributed by atoms with van der Waals surface area (Å²) in [4.78, 5) is 28.0. The molecule has 0 bridgehead atoms. The van der Waals surface area contributed by atoms with Crippen LogP contribution in [0.2, 0.25) is 0 Å². The molecule has 1 aliphatic rings. The van der Waals surface area contributed by atoms with Crippen molar-refractivity contribution < 1.29 is 35.9 Å². The Hall–Kier alpha value is -3.31. The number of benzene rings is 1. The number of carbonyl (C=O) groups excluding carboxylic acids is 2. The highest BCUT2D eigenvalue weighted by Gasteiger charge is 2.39. The van der Waals surface area contributed by atoms with Gasteiger partial charge in [-0.05, 0) is 56.0 Å². The minimum Gasteiger partial charge on any atom is -0.371 e. The van der Waals surface area contributed by atoms with Gasteiger partial charge in [-0.1, -0.05) is 6.07 Å². The van der Waals surface area contributed by atoms with E-state index in [1.807, 2.05) is 0 Å². The number of carbonyl (C=O) groups is 2. The monoisotopic (exact) mass is 502 g/mol. The van der Waals surface area contributed by atoms with E-state index in [0.29, 0.717) is 49.1 Å². The van der Waals surface area contributed by atoms with Crippen molar-refractivity contribution in [2.24, 2.45) is 0 Å². The quantitative estimate of drug-likeness (QED) is 0.548. The minimum absolute atomic E-state index is 0.203. The highest BCUT2D eigenvalue weighted by Crippen LogP contribution is 2.37. The number of pyridine rings is 1. The van der Waals surface area contributed by atoms with Crippen molar-refractivity contribution in [2.75, 3.05) is 17.3 Å². The summed E-state index contributed by atoms with van der Waals surface area (Å²) >= 11 is 0. The Kier molecular flexibility index (Phi) is 7.61. The highest BCUT2D eigenvalue weighted by molar-refractivity contribution is 5.96. The molecular formula is C23H24F6N4O2. The molecule has 6 nitrogen and oxygen atoms in total. The third-order valence-electron chi connectivity index (χ3n) is 5.82. The van der Waals surface area contributed by atoms with Gasteiger partial charge in [0.1, 0.15) is 11.4 Å². The van der Waals surface area contributed by atoms with E-state index in [2.05, 4.69) is 15.6 Å². The third-order valence-corrected chi connectivity index (χ3v) is 5.82. The van der Waals surface area contributed by atoms with Crippen LogP contribution in [0.15, 0.2) is 36.4 Å². The molecule has 0 spiro atoms. The number of alkyl halides is 6. The standard InChI is InChI=1S/C23H24F6N4O2/c1-13(34)30-16-5-3-4-14(10-16)21(35)31-15-6-8-17(9-7-15)33(2)18-11-19(22(24,25)26)32-20(12-18)23(27,28)29/h3-5,10-12,15,17H,6-9H2,1-2H3,(H,30,34)(H,31,35)/t15-,17+. The Morgan fingerprint density at radius 1 is 0.943 bits per heavy atom. The van der Waals surface area contributed by atoms with E-state index < -0.39 is 23.7 Å². The van der Waals surface area contributed by atoms with Crippen LogP contribution in [0.4, 0.5) is 37.7 Å². The second kappa shape index (κ2) is 10.1. The molecule has 3 rings (SSSR count). The largest absolute Gasteiger partial charge is 0.433 e. The van der Waals surface area contributed by atoms with Crippen LogP contribution in [0.1, 0.15) is 54.4 Å². The summed E-state index contributed by atoms with van der Waals surface area (Å²) < 4.78 is 78.8. The molecule has 0 unspecified atom stereocenters. The van der Waals surface area contributed by atoms with Crippen LogP contribution in [0, 0.1) is 0 Å². The first-order valence-electron chi connectivity index (χ1n) is 10.8. The molecule has 1 heterocycles. The van der Waals surface area contributed by atoms with E-state index in [1.165, 1.54) is 24.9 Å². The van der Waals surface area contributed by atoms with E-state index in [-0.39, 0.29) is 29.6 Å². The summed E-state index contributed by atoms with van der Waals surface area (Å²) in [6.07, 6.45) is -8.13. The minimum atomic E-state index is -5.02. The van der Waals surface area contributed by atoms with Crippen LogP contribution in [-0.4, -0.2) is 35.9 Å². The van der Waals surface area contributed by atoms with Crippen LogP contribution in [0.5, 0.6) is 0 Å². The number of hydrogen-bond acceptors (Lipinski definition) is 4. The van der Waals surface area contributed by atoms with Gasteiger partial charge in [0.15, 0.2) is 0 Å². The Bertz CT molecular complexity index is 1050. The third kappa shape index (κ3) is 6.86. The lowest BCUT2D eigenvalue weighted by Crippen LogP contribution is -2.43. The summed E-state index contributed by atoms with van der Waals surface area (Å²) in [5.74, 6) is -0.614. The lowest BCUT2D eigenvalue weighted by molar-refractivity contribution is -0.150. The summed E-state index contributed by atoms with van der Waals surface area (Å²) in [6, 6.07) is 7.13. The van der Waals surface area contributed by atoms with Gasteiger partial charge in [0, 0.05) is 43.0 Å². The topological polar surface area (TPSA) is 74.3 Å². The molecule has 0 radical (unpaired) electrons. The summed E-state index contributed by atoms with van der Waals surface area (Å²) in [5, 5.41) is 5.49. The average Bonchev–Trinajstić information content (AvgIpc) is 2.77. The second-order valence-electron chi connectivity index (χ2n) is 8.44. The van der Waals surface area contributed by atoms with E-state index in [1.54, 1.807) is 18.2 Å². The number of aromatic nitrogens is 1. The van der Waals surface area contributed by atoms with Crippen molar-refractivity contribution >= 4 is 23.2 Å². The molecule has 2 amide bonds. The average molecular weight is 502 g/mol. The zero-order valence-corrected chi connectivity index (χ0v) is 18.9. The zero-order valence-electron chi connectivity index (χ0n) is 18.9. The fourth-order valence-electron chi connectivity index (χ4n) is 4.04. The number of amides is 2. The number of hydrogen-bond donors (Lipinski definition) is 2. The summed E-state index contributed by atoms with van der Waals surface area (Å²) in [7, 11) is 1.45. The van der Waals surface area contributed by atoms with E-state index in [0.717, 1.165) is 0 Å². The van der Waals surface area contributed by atoms with E-state index >= 15 is 0 Å². The van der Waals surface area contributed by atoms with Gasteiger partial charge in [0.2, 0.25) is 5.91 Å². The van der Waals surface area contributed by atoms with Crippen LogP contribution in [0.3, 0.4) is 0 Å². The first-order chi connectivity index (χ1) is 16.2. The maximum absolute atomic E-state index is 13.1. The fourth-order valence-corrected chi connectivity index (χ4v) is 4.04. The zero-order chi connectivity index (χ0) is 26.0. The predicted molar refractivity (Wildman–Crippen MR) is 117 cm³/mol. The van der Waals surface area contributed by atoms with Gasteiger partial charge >= 0.3 is 12.4 Å². The first-order valence-corrected chi connectivity index (χ1v) is 10.8. The van der Waals surface area contributed by atoms with Crippen molar-refractivity contribution in [3.63, 3.8) is 0 Å². The fraction of sp³-hybridized carbons (Fsp3) is 0.435. The summed E-state index contributed by atoms with van der Waals surface area (Å²) in [5.41, 5.74) is -2.59. The molecule has 35 heavy (non-hydrogen) atoms. The normalized spacial score (nSPS) is 18.6. The van der Waals surface area contributed by atoms with Gasteiger partial charge in [0.25, 0.3) is 5.91 Å². The van der Waals surface area contributed by atoms with Crippen molar-refractivity contribution in [1.29, 1.82) is 0 Å². The molecule has 0 saturated heterocycles. The van der Waals surface area contributed by atoms with Gasteiger partial charge in [-0.2, -0.15) is 26.3 Å². The van der Waals surface area contributed by atoms with Gasteiger partial charge in [-0.15, -0.1) is 0 Å².